The predicted octanol–water partition coefficient (Wildman–Crippen LogP) is 3.43. The first kappa shape index (κ1) is 20.0. The summed E-state index contributed by atoms with van der Waals surface area (Å²) in [5, 5.41) is 15.9. The normalized spacial score (nSPS) is 19.8. The average molecular weight is 399 g/mol. The predicted molar refractivity (Wildman–Crippen MR) is 103 cm³/mol. The maximum absolute atomic E-state index is 12.3. The van der Waals surface area contributed by atoms with E-state index in [1.165, 1.54) is 11.8 Å². The van der Waals surface area contributed by atoms with E-state index < -0.39 is 0 Å². The highest BCUT2D eigenvalue weighted by Crippen LogP contribution is 2.31. The van der Waals surface area contributed by atoms with Crippen molar-refractivity contribution in [2.24, 2.45) is 5.92 Å². The Labute approximate surface area is 162 Å². The average Bonchev–Trinajstić information content (AvgIpc) is 2.59. The van der Waals surface area contributed by atoms with Crippen LogP contribution in [-0.2, 0) is 0 Å². The zero-order valence-corrected chi connectivity index (χ0v) is 16.1. The van der Waals surface area contributed by atoms with E-state index >= 15 is 0 Å². The third-order valence-electron chi connectivity index (χ3n) is 4.03. The Balaban J connectivity index is 0.00000225. The molecule has 0 saturated carbocycles. The third-order valence-corrected chi connectivity index (χ3v) is 5.47. The minimum absolute atomic E-state index is 0. The monoisotopic (exact) mass is 398 g/mol. The van der Waals surface area contributed by atoms with Crippen LogP contribution >= 0.6 is 35.8 Å². The molecule has 5 nitrogen and oxygen atoms in total. The summed E-state index contributed by atoms with van der Waals surface area (Å²) >= 11 is 7.56. The fraction of sp³-hybridized carbons (Fsp3) is 0.353. The van der Waals surface area contributed by atoms with Crippen LogP contribution in [0.25, 0.3) is 0 Å². The van der Waals surface area contributed by atoms with Gasteiger partial charge in [-0.2, -0.15) is 0 Å². The second kappa shape index (κ2) is 9.38. The van der Waals surface area contributed by atoms with Crippen LogP contribution in [0.15, 0.2) is 46.3 Å². The van der Waals surface area contributed by atoms with Crippen LogP contribution in [0.4, 0.5) is 0 Å². The molecule has 0 aliphatic carbocycles. The standard InChI is InChI=1S/C17H19ClN4OS.ClH/c1-11-10-19-9-8-13(11)20-17(23)14-6-7-16(22-21-14)24-15-5-3-2-4-12(15)18;/h2-7,11,13,19H,8-10H2,1H3,(H,20,23);1H. The molecule has 1 saturated heterocycles. The van der Waals surface area contributed by atoms with Gasteiger partial charge in [0.1, 0.15) is 5.03 Å². The summed E-state index contributed by atoms with van der Waals surface area (Å²) in [5.41, 5.74) is 0.337. The first-order valence-corrected chi connectivity index (χ1v) is 9.10. The molecule has 3 rings (SSSR count). The van der Waals surface area contributed by atoms with E-state index in [4.69, 9.17) is 11.6 Å². The van der Waals surface area contributed by atoms with E-state index in [1.54, 1.807) is 12.1 Å². The lowest BCUT2D eigenvalue weighted by atomic mass is 9.95. The molecule has 0 radical (unpaired) electrons. The molecule has 2 heterocycles. The van der Waals surface area contributed by atoms with Crippen LogP contribution in [0.1, 0.15) is 23.8 Å². The number of halogens is 2. The molecular weight excluding hydrogens is 379 g/mol. The van der Waals surface area contributed by atoms with Crippen molar-refractivity contribution in [1.29, 1.82) is 0 Å². The number of aromatic nitrogens is 2. The molecule has 0 spiro atoms. The Morgan fingerprint density at radius 1 is 1.28 bits per heavy atom. The van der Waals surface area contributed by atoms with E-state index in [-0.39, 0.29) is 24.4 Å². The van der Waals surface area contributed by atoms with Gasteiger partial charge in [-0.1, -0.05) is 42.4 Å². The molecule has 0 bridgehead atoms. The third kappa shape index (κ3) is 5.31. The summed E-state index contributed by atoms with van der Waals surface area (Å²) in [4.78, 5) is 13.2. The summed E-state index contributed by atoms with van der Waals surface area (Å²) in [6, 6.07) is 11.2. The molecule has 2 N–H and O–H groups in total. The number of rotatable bonds is 4. The lowest BCUT2D eigenvalue weighted by Gasteiger charge is -2.30. The van der Waals surface area contributed by atoms with Crippen molar-refractivity contribution in [2.45, 2.75) is 29.3 Å². The van der Waals surface area contributed by atoms with E-state index in [2.05, 4.69) is 27.8 Å². The van der Waals surface area contributed by atoms with Crippen LogP contribution in [0.3, 0.4) is 0 Å². The zero-order chi connectivity index (χ0) is 16.9. The summed E-state index contributed by atoms with van der Waals surface area (Å²) in [5.74, 6) is 0.237. The van der Waals surface area contributed by atoms with Crippen LogP contribution < -0.4 is 10.6 Å². The molecular formula is C17H20Cl2N4OS. The molecule has 1 aliphatic rings. The van der Waals surface area contributed by atoms with Crippen molar-refractivity contribution in [3.63, 3.8) is 0 Å². The highest BCUT2D eigenvalue weighted by molar-refractivity contribution is 7.99. The van der Waals surface area contributed by atoms with E-state index in [1.807, 2.05) is 24.3 Å². The molecule has 134 valence electrons. The van der Waals surface area contributed by atoms with Gasteiger partial charge in [-0.05, 0) is 49.7 Å². The van der Waals surface area contributed by atoms with Gasteiger partial charge < -0.3 is 10.6 Å². The molecule has 1 fully saturated rings. The number of hydrogen-bond donors (Lipinski definition) is 2. The van der Waals surface area contributed by atoms with E-state index in [0.717, 1.165) is 24.4 Å². The van der Waals surface area contributed by atoms with Gasteiger partial charge in [-0.3, -0.25) is 4.79 Å². The zero-order valence-electron chi connectivity index (χ0n) is 13.7. The van der Waals surface area contributed by atoms with Crippen LogP contribution in [-0.4, -0.2) is 35.2 Å². The SMILES string of the molecule is CC1CNCCC1NC(=O)c1ccc(Sc2ccccc2Cl)nn1.Cl. The molecule has 25 heavy (non-hydrogen) atoms. The van der Waals surface area contributed by atoms with Crippen molar-refractivity contribution in [3.05, 3.63) is 47.1 Å². The number of carbonyl (C=O) groups is 1. The van der Waals surface area contributed by atoms with Crippen molar-refractivity contribution in [3.8, 4) is 0 Å². The Bertz CT molecular complexity index is 714. The first-order valence-electron chi connectivity index (χ1n) is 7.91. The topological polar surface area (TPSA) is 66.9 Å². The Morgan fingerprint density at radius 2 is 2.08 bits per heavy atom. The van der Waals surface area contributed by atoms with Crippen molar-refractivity contribution in [2.75, 3.05) is 13.1 Å². The fourth-order valence-corrected chi connectivity index (χ4v) is 3.61. The number of piperidine rings is 1. The number of amides is 1. The first-order chi connectivity index (χ1) is 11.6. The lowest BCUT2D eigenvalue weighted by molar-refractivity contribution is 0.0908. The largest absolute Gasteiger partial charge is 0.348 e. The molecule has 8 heteroatoms. The van der Waals surface area contributed by atoms with Gasteiger partial charge in [0.25, 0.3) is 5.91 Å². The quantitative estimate of drug-likeness (QED) is 0.825. The second-order valence-corrected chi connectivity index (χ2v) is 7.31. The van der Waals surface area contributed by atoms with Gasteiger partial charge in [0.2, 0.25) is 0 Å². The Hall–Kier alpha value is -1.34. The van der Waals surface area contributed by atoms with Gasteiger partial charge in [0, 0.05) is 10.9 Å². The Kier molecular flexibility index (Phi) is 7.50. The van der Waals surface area contributed by atoms with Crippen molar-refractivity contribution in [1.82, 2.24) is 20.8 Å². The van der Waals surface area contributed by atoms with E-state index in [0.29, 0.717) is 21.7 Å². The molecule has 1 aliphatic heterocycles. The van der Waals surface area contributed by atoms with Gasteiger partial charge in [0.15, 0.2) is 5.69 Å². The summed E-state index contributed by atoms with van der Waals surface area (Å²) in [6.45, 7) is 3.98. The maximum Gasteiger partial charge on any atom is 0.272 e. The van der Waals surface area contributed by atoms with Gasteiger partial charge in [-0.25, -0.2) is 0 Å². The van der Waals surface area contributed by atoms with Crippen molar-refractivity contribution >= 4 is 41.7 Å². The van der Waals surface area contributed by atoms with Gasteiger partial charge in [0.05, 0.1) is 5.02 Å². The molecule has 2 atom stereocenters. The number of benzene rings is 1. The highest BCUT2D eigenvalue weighted by Gasteiger charge is 2.23. The Morgan fingerprint density at radius 3 is 2.76 bits per heavy atom. The van der Waals surface area contributed by atoms with Crippen LogP contribution in [0.5, 0.6) is 0 Å². The number of carbonyl (C=O) groups excluding carboxylic acids is 1. The second-order valence-electron chi connectivity index (χ2n) is 5.84. The summed E-state index contributed by atoms with van der Waals surface area (Å²) in [6.07, 6.45) is 0.931. The molecule has 1 aromatic carbocycles. The molecule has 2 unspecified atom stereocenters. The van der Waals surface area contributed by atoms with Crippen LogP contribution in [0, 0.1) is 5.92 Å². The van der Waals surface area contributed by atoms with Gasteiger partial charge in [-0.15, -0.1) is 22.6 Å². The summed E-state index contributed by atoms with van der Waals surface area (Å²) in [7, 11) is 0. The number of hydrogen-bond acceptors (Lipinski definition) is 5. The van der Waals surface area contributed by atoms with Crippen molar-refractivity contribution < 1.29 is 4.79 Å². The molecule has 2 aromatic rings. The highest BCUT2D eigenvalue weighted by atomic mass is 35.5. The minimum atomic E-state index is -0.171. The number of nitrogens with one attached hydrogen (secondary N) is 2. The fourth-order valence-electron chi connectivity index (χ4n) is 2.61. The molecule has 1 amide bonds. The molecule has 1 aromatic heterocycles. The van der Waals surface area contributed by atoms with Gasteiger partial charge >= 0.3 is 0 Å². The lowest BCUT2D eigenvalue weighted by Crippen LogP contribution is -2.48. The van der Waals surface area contributed by atoms with Crippen LogP contribution in [0.2, 0.25) is 5.02 Å². The number of nitrogens with zero attached hydrogens (tertiary/aromatic N) is 2. The maximum atomic E-state index is 12.3. The van der Waals surface area contributed by atoms with E-state index in [9.17, 15) is 4.79 Å². The smallest absolute Gasteiger partial charge is 0.272 e. The summed E-state index contributed by atoms with van der Waals surface area (Å²) < 4.78 is 0. The minimum Gasteiger partial charge on any atom is -0.348 e.